The molecule has 2 amide bonds. The number of nitrogens with two attached hydrogens (primary N) is 1. The molecule has 70 valence electrons. The Labute approximate surface area is 71.0 Å². The number of rotatable bonds is 3. The summed E-state index contributed by atoms with van der Waals surface area (Å²) in [6.45, 7) is 0.368. The quantitative estimate of drug-likeness (QED) is 0.231. The summed E-state index contributed by atoms with van der Waals surface area (Å²) in [6.07, 6.45) is 0.343. The van der Waals surface area contributed by atoms with Gasteiger partial charge in [0.25, 0.3) is 0 Å². The van der Waals surface area contributed by atoms with E-state index in [1.165, 1.54) is 4.90 Å². The second-order valence-electron chi connectivity index (χ2n) is 2.47. The number of hydrogen-bond donors (Lipinski definition) is 3. The minimum absolute atomic E-state index is 0.106. The van der Waals surface area contributed by atoms with E-state index >= 15 is 0 Å². The number of hydrogen-bond acceptors (Lipinski definition) is 3. The zero-order valence-electron chi connectivity index (χ0n) is 7.24. The van der Waals surface area contributed by atoms with Crippen molar-refractivity contribution in [3.63, 3.8) is 0 Å². The Morgan fingerprint density at radius 3 is 2.67 bits per heavy atom. The van der Waals surface area contributed by atoms with Crippen LogP contribution in [0.4, 0.5) is 4.79 Å². The van der Waals surface area contributed by atoms with Gasteiger partial charge in [-0.2, -0.15) is 0 Å². The van der Waals surface area contributed by atoms with Crippen LogP contribution in [0.25, 0.3) is 0 Å². The molecule has 6 nitrogen and oxygen atoms in total. The van der Waals surface area contributed by atoms with Crippen LogP contribution in [0.1, 0.15) is 6.42 Å². The van der Waals surface area contributed by atoms with Crippen molar-refractivity contribution in [2.75, 3.05) is 20.6 Å². The van der Waals surface area contributed by atoms with Gasteiger partial charge in [0.05, 0.1) is 0 Å². The lowest BCUT2D eigenvalue weighted by molar-refractivity contribution is 0.217. The summed E-state index contributed by atoms with van der Waals surface area (Å²) in [4.78, 5) is 12.3. The Morgan fingerprint density at radius 2 is 2.25 bits per heavy atom. The van der Waals surface area contributed by atoms with Gasteiger partial charge in [0.1, 0.15) is 5.84 Å². The molecule has 0 aliphatic rings. The Bertz CT molecular complexity index is 178. The van der Waals surface area contributed by atoms with Gasteiger partial charge in [-0.15, -0.1) is 0 Å². The fourth-order valence-corrected chi connectivity index (χ4v) is 0.506. The van der Waals surface area contributed by atoms with Gasteiger partial charge in [0.2, 0.25) is 0 Å². The van der Waals surface area contributed by atoms with Crippen LogP contribution in [-0.2, 0) is 0 Å². The molecule has 0 spiro atoms. The van der Waals surface area contributed by atoms with Crippen LogP contribution in [-0.4, -0.2) is 42.6 Å². The topological polar surface area (TPSA) is 91.0 Å². The van der Waals surface area contributed by atoms with E-state index in [1.54, 1.807) is 14.1 Å². The van der Waals surface area contributed by atoms with E-state index in [9.17, 15) is 4.79 Å². The zero-order chi connectivity index (χ0) is 9.56. The van der Waals surface area contributed by atoms with Crippen LogP contribution in [0, 0.1) is 0 Å². The first-order valence-electron chi connectivity index (χ1n) is 3.49. The number of oxime groups is 1. The summed E-state index contributed by atoms with van der Waals surface area (Å²) in [5, 5.41) is 13.5. The molecule has 0 atom stereocenters. The molecule has 6 heteroatoms. The van der Waals surface area contributed by atoms with E-state index in [0.29, 0.717) is 13.0 Å². The van der Waals surface area contributed by atoms with Crippen LogP contribution in [0.5, 0.6) is 0 Å². The molecule has 0 heterocycles. The summed E-state index contributed by atoms with van der Waals surface area (Å²) in [5.41, 5.74) is 5.17. The van der Waals surface area contributed by atoms with Gasteiger partial charge in [-0.1, -0.05) is 5.16 Å². The van der Waals surface area contributed by atoms with Gasteiger partial charge in [-0.25, -0.2) is 4.79 Å². The summed E-state index contributed by atoms with van der Waals surface area (Å²) in [5.74, 6) is 0.106. The summed E-state index contributed by atoms with van der Waals surface area (Å²) < 4.78 is 0. The van der Waals surface area contributed by atoms with E-state index in [4.69, 9.17) is 10.9 Å². The first kappa shape index (κ1) is 10.5. The molecule has 0 radical (unpaired) electrons. The van der Waals surface area contributed by atoms with E-state index < -0.39 is 0 Å². The zero-order valence-corrected chi connectivity index (χ0v) is 7.24. The standard InChI is InChI=1S/C6H14N4O2/c1-10(2)6(11)8-4-3-5(7)9-12/h12H,3-4H2,1-2H3,(H2,7,9)(H,8,11). The summed E-state index contributed by atoms with van der Waals surface area (Å²) in [7, 11) is 3.28. The number of carbonyl (C=O) groups excluding carboxylic acids is 1. The maximum atomic E-state index is 10.9. The van der Waals surface area contributed by atoms with Crippen molar-refractivity contribution in [3.8, 4) is 0 Å². The van der Waals surface area contributed by atoms with Crippen molar-refractivity contribution in [2.24, 2.45) is 10.9 Å². The molecule has 0 aromatic rings. The van der Waals surface area contributed by atoms with Crippen molar-refractivity contribution in [1.29, 1.82) is 0 Å². The van der Waals surface area contributed by atoms with Crippen LogP contribution in [0.15, 0.2) is 5.16 Å². The van der Waals surface area contributed by atoms with Crippen LogP contribution >= 0.6 is 0 Å². The third kappa shape index (κ3) is 4.37. The van der Waals surface area contributed by atoms with Crippen molar-refractivity contribution in [1.82, 2.24) is 10.2 Å². The lowest BCUT2D eigenvalue weighted by Crippen LogP contribution is -2.36. The maximum Gasteiger partial charge on any atom is 0.316 e. The number of amides is 2. The molecule has 0 aromatic carbocycles. The highest BCUT2D eigenvalue weighted by Gasteiger charge is 2.01. The second kappa shape index (κ2) is 5.22. The van der Waals surface area contributed by atoms with Crippen molar-refractivity contribution >= 4 is 11.9 Å². The highest BCUT2D eigenvalue weighted by Crippen LogP contribution is 1.80. The fourth-order valence-electron chi connectivity index (χ4n) is 0.506. The third-order valence-electron chi connectivity index (χ3n) is 1.19. The van der Waals surface area contributed by atoms with E-state index in [0.717, 1.165) is 0 Å². The third-order valence-corrected chi connectivity index (χ3v) is 1.19. The van der Waals surface area contributed by atoms with Crippen molar-refractivity contribution in [2.45, 2.75) is 6.42 Å². The predicted molar refractivity (Wildman–Crippen MR) is 45.1 cm³/mol. The number of nitrogens with one attached hydrogen (secondary N) is 1. The number of carbonyl (C=O) groups is 1. The van der Waals surface area contributed by atoms with Crippen LogP contribution in [0.3, 0.4) is 0 Å². The van der Waals surface area contributed by atoms with Gasteiger partial charge >= 0.3 is 6.03 Å². The Hall–Kier alpha value is -1.46. The molecule has 0 aliphatic heterocycles. The highest BCUT2D eigenvalue weighted by molar-refractivity contribution is 5.80. The number of urea groups is 1. The molecule has 0 fully saturated rings. The van der Waals surface area contributed by atoms with Crippen molar-refractivity contribution < 1.29 is 10.0 Å². The summed E-state index contributed by atoms with van der Waals surface area (Å²) in [6, 6.07) is -0.194. The molecular formula is C6H14N4O2. The molecule has 0 rings (SSSR count). The van der Waals surface area contributed by atoms with Crippen LogP contribution in [0.2, 0.25) is 0 Å². The number of amidine groups is 1. The SMILES string of the molecule is CN(C)C(=O)NCCC(N)=NO. The fraction of sp³-hybridized carbons (Fsp3) is 0.667. The molecule has 0 bridgehead atoms. The van der Waals surface area contributed by atoms with Gasteiger partial charge in [-0.3, -0.25) is 0 Å². The average molecular weight is 174 g/mol. The first-order chi connectivity index (χ1) is 5.57. The average Bonchev–Trinajstić information content (AvgIpc) is 2.03. The molecule has 0 aromatic heterocycles. The van der Waals surface area contributed by atoms with Crippen LogP contribution < -0.4 is 11.1 Å². The minimum atomic E-state index is -0.194. The predicted octanol–water partition coefficient (Wildman–Crippen LogP) is -0.606. The molecule has 4 N–H and O–H groups in total. The number of nitrogens with zero attached hydrogens (tertiary/aromatic N) is 2. The van der Waals surface area contributed by atoms with E-state index in [-0.39, 0.29) is 11.9 Å². The van der Waals surface area contributed by atoms with Crippen molar-refractivity contribution in [3.05, 3.63) is 0 Å². The van der Waals surface area contributed by atoms with Gasteiger partial charge < -0.3 is 21.2 Å². The second-order valence-corrected chi connectivity index (χ2v) is 2.47. The molecule has 12 heavy (non-hydrogen) atoms. The molecule has 0 aliphatic carbocycles. The van der Waals surface area contributed by atoms with Gasteiger partial charge in [-0.05, 0) is 0 Å². The lowest BCUT2D eigenvalue weighted by atomic mass is 10.4. The monoisotopic (exact) mass is 174 g/mol. The molecule has 0 saturated heterocycles. The Kier molecular flexibility index (Phi) is 4.59. The Morgan fingerprint density at radius 1 is 1.67 bits per heavy atom. The summed E-state index contributed by atoms with van der Waals surface area (Å²) >= 11 is 0. The van der Waals surface area contributed by atoms with Gasteiger partial charge in [0.15, 0.2) is 0 Å². The first-order valence-corrected chi connectivity index (χ1v) is 3.49. The molecule has 0 saturated carbocycles. The van der Waals surface area contributed by atoms with E-state index in [2.05, 4.69) is 10.5 Å². The lowest BCUT2D eigenvalue weighted by Gasteiger charge is -2.10. The maximum absolute atomic E-state index is 10.9. The Balaban J connectivity index is 3.51. The molecular weight excluding hydrogens is 160 g/mol. The van der Waals surface area contributed by atoms with Gasteiger partial charge in [0, 0.05) is 27.1 Å². The largest absolute Gasteiger partial charge is 0.409 e. The smallest absolute Gasteiger partial charge is 0.316 e. The molecule has 0 unspecified atom stereocenters. The highest BCUT2D eigenvalue weighted by atomic mass is 16.4. The minimum Gasteiger partial charge on any atom is -0.409 e. The normalized spacial score (nSPS) is 11.0. The van der Waals surface area contributed by atoms with E-state index in [1.807, 2.05) is 0 Å².